The van der Waals surface area contributed by atoms with Gasteiger partial charge in [0.25, 0.3) is 0 Å². The maximum atomic E-state index is 9.14. The van der Waals surface area contributed by atoms with E-state index in [9.17, 15) is 0 Å². The average Bonchev–Trinajstić information content (AvgIpc) is 2.10. The zero-order chi connectivity index (χ0) is 10.1. The largest absolute Gasteiger partial charge is 0.390 e. The van der Waals surface area contributed by atoms with E-state index >= 15 is 0 Å². The second-order valence-electron chi connectivity index (χ2n) is 2.63. The fourth-order valence-corrected chi connectivity index (χ4v) is 0.732. The van der Waals surface area contributed by atoms with E-state index in [-0.39, 0.29) is 12.9 Å². The molecular formula is C9H18O4. The summed E-state index contributed by atoms with van der Waals surface area (Å²) in [5, 5.41) is 9.14. The molecule has 0 aliphatic carbocycles. The molecule has 0 unspecified atom stereocenters. The highest BCUT2D eigenvalue weighted by molar-refractivity contribution is 4.83. The predicted octanol–water partition coefficient (Wildman–Crippen LogP) is 0.559. The van der Waals surface area contributed by atoms with Crippen molar-refractivity contribution in [2.45, 2.75) is 19.1 Å². The fraction of sp³-hybridized carbons (Fsp3) is 0.778. The Hall–Kier alpha value is -0.420. The van der Waals surface area contributed by atoms with E-state index in [1.54, 1.807) is 20.1 Å². The Kier molecular flexibility index (Phi) is 7.93. The highest BCUT2D eigenvalue weighted by Gasteiger charge is 2.10. The smallest absolute Gasteiger partial charge is 0.147 e. The Balaban J connectivity index is 3.33. The van der Waals surface area contributed by atoms with E-state index in [4.69, 9.17) is 19.3 Å². The number of aliphatic hydroxyl groups excluding tert-OH is 1. The summed E-state index contributed by atoms with van der Waals surface area (Å²) in [7, 11) is 1.60. The number of methoxy groups -OCH3 is 1. The molecule has 2 atom stereocenters. The van der Waals surface area contributed by atoms with Crippen LogP contribution in [-0.4, -0.2) is 44.4 Å². The molecule has 0 rings (SSSR count). The molecule has 0 aliphatic heterocycles. The third kappa shape index (κ3) is 6.72. The lowest BCUT2D eigenvalue weighted by molar-refractivity contribution is -0.110. The molecule has 0 amide bonds. The Morgan fingerprint density at radius 1 is 1.46 bits per heavy atom. The van der Waals surface area contributed by atoms with Gasteiger partial charge in [-0.05, 0) is 6.92 Å². The van der Waals surface area contributed by atoms with Crippen molar-refractivity contribution in [2.75, 3.05) is 27.1 Å². The number of aliphatic hydroxyl groups is 1. The quantitative estimate of drug-likeness (QED) is 0.345. The molecule has 0 fully saturated rings. The van der Waals surface area contributed by atoms with E-state index < -0.39 is 6.10 Å². The molecule has 4 heteroatoms. The van der Waals surface area contributed by atoms with Crippen molar-refractivity contribution in [2.24, 2.45) is 0 Å². The van der Waals surface area contributed by atoms with Crippen LogP contribution < -0.4 is 0 Å². The van der Waals surface area contributed by atoms with E-state index in [1.165, 1.54) is 0 Å². The van der Waals surface area contributed by atoms with Crippen LogP contribution in [-0.2, 0) is 14.2 Å². The lowest BCUT2D eigenvalue weighted by atomic mass is 10.2. The fourth-order valence-electron chi connectivity index (χ4n) is 0.732. The SMILES string of the molecule is C=C[C@H](OCOCCOC)[C@H](C)O. The zero-order valence-electron chi connectivity index (χ0n) is 8.23. The highest BCUT2D eigenvalue weighted by atomic mass is 16.7. The van der Waals surface area contributed by atoms with Crippen molar-refractivity contribution >= 4 is 0 Å². The van der Waals surface area contributed by atoms with Gasteiger partial charge in [-0.1, -0.05) is 6.08 Å². The first-order valence-electron chi connectivity index (χ1n) is 4.21. The van der Waals surface area contributed by atoms with Crippen molar-refractivity contribution < 1.29 is 19.3 Å². The monoisotopic (exact) mass is 190 g/mol. The molecule has 78 valence electrons. The normalized spacial score (nSPS) is 15.3. The summed E-state index contributed by atoms with van der Waals surface area (Å²) in [5.41, 5.74) is 0. The van der Waals surface area contributed by atoms with Crippen LogP contribution in [0.5, 0.6) is 0 Å². The molecular weight excluding hydrogens is 172 g/mol. The van der Waals surface area contributed by atoms with E-state index in [2.05, 4.69) is 6.58 Å². The number of hydrogen-bond donors (Lipinski definition) is 1. The molecule has 0 bridgehead atoms. The topological polar surface area (TPSA) is 47.9 Å². The van der Waals surface area contributed by atoms with Crippen molar-refractivity contribution in [1.29, 1.82) is 0 Å². The first kappa shape index (κ1) is 12.6. The molecule has 1 N–H and O–H groups in total. The highest BCUT2D eigenvalue weighted by Crippen LogP contribution is 1.99. The Bertz CT molecular complexity index is 125. The summed E-state index contributed by atoms with van der Waals surface area (Å²) < 4.78 is 15.0. The molecule has 0 aromatic carbocycles. The molecule has 0 aromatic heterocycles. The van der Waals surface area contributed by atoms with Crippen LogP contribution in [0.2, 0.25) is 0 Å². The Labute approximate surface area is 79.1 Å². The molecule has 0 aliphatic rings. The number of rotatable bonds is 8. The zero-order valence-corrected chi connectivity index (χ0v) is 8.23. The minimum absolute atomic E-state index is 0.144. The van der Waals surface area contributed by atoms with Gasteiger partial charge in [0.1, 0.15) is 12.9 Å². The van der Waals surface area contributed by atoms with Gasteiger partial charge in [-0.3, -0.25) is 0 Å². The summed E-state index contributed by atoms with van der Waals surface area (Å²) in [6, 6.07) is 0. The molecule has 0 heterocycles. The van der Waals surface area contributed by atoms with Crippen LogP contribution >= 0.6 is 0 Å². The minimum Gasteiger partial charge on any atom is -0.390 e. The second kappa shape index (κ2) is 8.19. The van der Waals surface area contributed by atoms with Crippen LogP contribution in [0, 0.1) is 0 Å². The predicted molar refractivity (Wildman–Crippen MR) is 49.4 cm³/mol. The third-order valence-corrected chi connectivity index (χ3v) is 1.48. The summed E-state index contributed by atoms with van der Waals surface area (Å²) >= 11 is 0. The maximum absolute atomic E-state index is 9.14. The molecule has 13 heavy (non-hydrogen) atoms. The Morgan fingerprint density at radius 3 is 2.62 bits per heavy atom. The number of hydrogen-bond acceptors (Lipinski definition) is 4. The van der Waals surface area contributed by atoms with Gasteiger partial charge in [-0.25, -0.2) is 0 Å². The average molecular weight is 190 g/mol. The van der Waals surface area contributed by atoms with Crippen LogP contribution in [0.25, 0.3) is 0 Å². The van der Waals surface area contributed by atoms with Crippen molar-refractivity contribution in [3.8, 4) is 0 Å². The van der Waals surface area contributed by atoms with Gasteiger partial charge in [0, 0.05) is 7.11 Å². The van der Waals surface area contributed by atoms with E-state index in [0.717, 1.165) is 0 Å². The first-order valence-corrected chi connectivity index (χ1v) is 4.21. The summed E-state index contributed by atoms with van der Waals surface area (Å²) in [6.45, 7) is 6.34. The van der Waals surface area contributed by atoms with Gasteiger partial charge in [0.05, 0.1) is 19.3 Å². The molecule has 0 saturated heterocycles. The minimum atomic E-state index is -0.566. The maximum Gasteiger partial charge on any atom is 0.147 e. The van der Waals surface area contributed by atoms with E-state index in [0.29, 0.717) is 13.2 Å². The number of ether oxygens (including phenoxy) is 3. The van der Waals surface area contributed by atoms with Crippen LogP contribution in [0.15, 0.2) is 12.7 Å². The molecule has 0 saturated carbocycles. The summed E-state index contributed by atoms with van der Waals surface area (Å²) in [6.07, 6.45) is 0.607. The molecule has 0 radical (unpaired) electrons. The third-order valence-electron chi connectivity index (χ3n) is 1.48. The van der Waals surface area contributed by atoms with Gasteiger partial charge in [0.15, 0.2) is 0 Å². The lowest BCUT2D eigenvalue weighted by Crippen LogP contribution is -2.25. The molecule has 4 nitrogen and oxygen atoms in total. The van der Waals surface area contributed by atoms with Gasteiger partial charge in [0.2, 0.25) is 0 Å². The molecule has 0 spiro atoms. The van der Waals surface area contributed by atoms with E-state index in [1.807, 2.05) is 0 Å². The van der Waals surface area contributed by atoms with Crippen LogP contribution in [0.3, 0.4) is 0 Å². The summed E-state index contributed by atoms with van der Waals surface area (Å²) in [4.78, 5) is 0. The van der Waals surface area contributed by atoms with Gasteiger partial charge in [-0.15, -0.1) is 6.58 Å². The van der Waals surface area contributed by atoms with Crippen molar-refractivity contribution in [3.05, 3.63) is 12.7 Å². The standard InChI is InChI=1S/C9H18O4/c1-4-9(8(2)10)13-7-12-6-5-11-3/h4,8-10H,1,5-7H2,2-3H3/t8-,9-/m0/s1. The Morgan fingerprint density at radius 2 is 2.15 bits per heavy atom. The van der Waals surface area contributed by atoms with Gasteiger partial charge < -0.3 is 19.3 Å². The van der Waals surface area contributed by atoms with Crippen molar-refractivity contribution in [1.82, 2.24) is 0 Å². The molecule has 0 aromatic rings. The van der Waals surface area contributed by atoms with Crippen LogP contribution in [0.4, 0.5) is 0 Å². The lowest BCUT2D eigenvalue weighted by Gasteiger charge is -2.16. The van der Waals surface area contributed by atoms with Gasteiger partial charge >= 0.3 is 0 Å². The summed E-state index contributed by atoms with van der Waals surface area (Å²) in [5.74, 6) is 0. The van der Waals surface area contributed by atoms with Crippen molar-refractivity contribution in [3.63, 3.8) is 0 Å². The van der Waals surface area contributed by atoms with Crippen LogP contribution in [0.1, 0.15) is 6.92 Å². The first-order chi connectivity index (χ1) is 6.22. The second-order valence-corrected chi connectivity index (χ2v) is 2.63. The van der Waals surface area contributed by atoms with Gasteiger partial charge in [-0.2, -0.15) is 0 Å².